The number of carbonyl (C=O) groups excluding carboxylic acids is 3. The second-order valence-electron chi connectivity index (χ2n) is 6.94. The molecule has 1 aliphatic heterocycles. The number of furan rings is 1. The molecule has 0 bridgehead atoms. The molecule has 1 saturated heterocycles. The molecule has 0 spiro atoms. The second kappa shape index (κ2) is 8.18. The molecule has 7 heteroatoms. The average Bonchev–Trinajstić information content (AvgIpc) is 3.37. The van der Waals surface area contributed by atoms with Gasteiger partial charge in [-0.1, -0.05) is 36.4 Å². The highest BCUT2D eigenvalue weighted by molar-refractivity contribution is 6.02. The van der Waals surface area contributed by atoms with Gasteiger partial charge < -0.3 is 19.4 Å². The largest absolute Gasteiger partial charge is 0.467 e. The standard InChI is InChI=1S/C22H20N2O5/c25-20(23-19-9-3-6-15-5-1-2-8-18(15)19)14-29-22(27)16-11-21(26)24(12-16)13-17-7-4-10-28-17/h1-10,16H,11-14H2,(H,23,25)/t16-/m1/s1. The van der Waals surface area contributed by atoms with Crippen LogP contribution in [0, 0.1) is 5.92 Å². The number of rotatable bonds is 6. The quantitative estimate of drug-likeness (QED) is 0.652. The minimum atomic E-state index is -0.581. The number of esters is 1. The first-order chi connectivity index (χ1) is 14.1. The number of hydrogen-bond acceptors (Lipinski definition) is 5. The number of nitrogens with one attached hydrogen (secondary N) is 1. The minimum Gasteiger partial charge on any atom is -0.467 e. The monoisotopic (exact) mass is 392 g/mol. The highest BCUT2D eigenvalue weighted by Crippen LogP contribution is 2.23. The van der Waals surface area contributed by atoms with Gasteiger partial charge in [-0.15, -0.1) is 0 Å². The predicted octanol–water partition coefficient (Wildman–Crippen LogP) is 2.96. The molecule has 2 amide bonds. The van der Waals surface area contributed by atoms with Crippen LogP contribution in [0.4, 0.5) is 5.69 Å². The summed E-state index contributed by atoms with van der Waals surface area (Å²) < 4.78 is 10.4. The van der Waals surface area contributed by atoms with E-state index in [0.717, 1.165) is 10.8 Å². The third-order valence-electron chi connectivity index (χ3n) is 4.88. The number of anilines is 1. The van der Waals surface area contributed by atoms with Gasteiger partial charge in [0.25, 0.3) is 5.91 Å². The molecule has 1 aliphatic rings. The maximum atomic E-state index is 12.3. The number of carbonyl (C=O) groups is 3. The molecule has 0 radical (unpaired) electrons. The lowest BCUT2D eigenvalue weighted by Gasteiger charge is -2.14. The summed E-state index contributed by atoms with van der Waals surface area (Å²) >= 11 is 0. The Morgan fingerprint density at radius 2 is 1.93 bits per heavy atom. The van der Waals surface area contributed by atoms with Gasteiger partial charge in [0, 0.05) is 24.0 Å². The summed E-state index contributed by atoms with van der Waals surface area (Å²) in [5.74, 6) is -1.03. The first-order valence-corrected chi connectivity index (χ1v) is 9.34. The second-order valence-corrected chi connectivity index (χ2v) is 6.94. The summed E-state index contributed by atoms with van der Waals surface area (Å²) in [6.07, 6.45) is 1.61. The van der Waals surface area contributed by atoms with E-state index in [-0.39, 0.29) is 18.9 Å². The Hall–Kier alpha value is -3.61. The number of amides is 2. The number of ether oxygens (including phenoxy) is 1. The van der Waals surface area contributed by atoms with Crippen molar-refractivity contribution in [2.75, 3.05) is 18.5 Å². The molecule has 0 saturated carbocycles. The zero-order chi connectivity index (χ0) is 20.2. The van der Waals surface area contributed by atoms with Crippen LogP contribution in [-0.4, -0.2) is 35.8 Å². The number of nitrogens with zero attached hydrogens (tertiary/aromatic N) is 1. The van der Waals surface area contributed by atoms with Crippen molar-refractivity contribution in [2.45, 2.75) is 13.0 Å². The molecule has 29 heavy (non-hydrogen) atoms. The topological polar surface area (TPSA) is 88.9 Å². The lowest BCUT2D eigenvalue weighted by Crippen LogP contribution is -2.28. The predicted molar refractivity (Wildman–Crippen MR) is 106 cm³/mol. The Morgan fingerprint density at radius 1 is 1.10 bits per heavy atom. The summed E-state index contributed by atoms with van der Waals surface area (Å²) in [5, 5.41) is 4.68. The molecule has 1 fully saturated rings. The van der Waals surface area contributed by atoms with Gasteiger partial charge in [-0.2, -0.15) is 0 Å². The fourth-order valence-corrected chi connectivity index (χ4v) is 3.45. The van der Waals surface area contributed by atoms with Crippen LogP contribution in [0.2, 0.25) is 0 Å². The van der Waals surface area contributed by atoms with Crippen LogP contribution in [0.5, 0.6) is 0 Å². The van der Waals surface area contributed by atoms with Crippen molar-refractivity contribution >= 4 is 34.2 Å². The van der Waals surface area contributed by atoms with Gasteiger partial charge in [0.2, 0.25) is 5.91 Å². The van der Waals surface area contributed by atoms with Crippen molar-refractivity contribution in [3.05, 3.63) is 66.6 Å². The minimum absolute atomic E-state index is 0.0739. The Morgan fingerprint density at radius 3 is 2.76 bits per heavy atom. The molecule has 3 aromatic rings. The molecular weight excluding hydrogens is 372 g/mol. The van der Waals surface area contributed by atoms with E-state index in [9.17, 15) is 14.4 Å². The first-order valence-electron chi connectivity index (χ1n) is 9.34. The number of fused-ring (bicyclic) bond motifs is 1. The zero-order valence-corrected chi connectivity index (χ0v) is 15.7. The van der Waals surface area contributed by atoms with Crippen molar-refractivity contribution in [3.8, 4) is 0 Å². The van der Waals surface area contributed by atoms with Crippen LogP contribution in [0.25, 0.3) is 10.8 Å². The molecule has 1 aromatic heterocycles. The summed E-state index contributed by atoms with van der Waals surface area (Å²) in [7, 11) is 0. The van der Waals surface area contributed by atoms with Crippen LogP contribution in [0.1, 0.15) is 12.2 Å². The molecule has 0 aliphatic carbocycles. The van der Waals surface area contributed by atoms with Crippen molar-refractivity contribution in [3.63, 3.8) is 0 Å². The lowest BCUT2D eigenvalue weighted by molar-refractivity contribution is -0.151. The molecule has 2 heterocycles. The summed E-state index contributed by atoms with van der Waals surface area (Å²) in [4.78, 5) is 38.2. The van der Waals surface area contributed by atoms with E-state index in [4.69, 9.17) is 9.15 Å². The summed E-state index contributed by atoms with van der Waals surface area (Å²) in [5.41, 5.74) is 0.657. The van der Waals surface area contributed by atoms with Crippen LogP contribution >= 0.6 is 0 Å². The van der Waals surface area contributed by atoms with Crippen LogP contribution in [-0.2, 0) is 25.7 Å². The summed E-state index contributed by atoms with van der Waals surface area (Å²) in [6, 6.07) is 16.8. The van der Waals surface area contributed by atoms with E-state index in [1.807, 2.05) is 36.4 Å². The van der Waals surface area contributed by atoms with Gasteiger partial charge in [0.15, 0.2) is 6.61 Å². The van der Waals surface area contributed by atoms with E-state index >= 15 is 0 Å². The number of hydrogen-bond donors (Lipinski definition) is 1. The normalized spacial score (nSPS) is 16.2. The SMILES string of the molecule is O=C(COC(=O)[C@@H]1CC(=O)N(Cc2ccco2)C1)Nc1cccc2ccccc12. The molecule has 1 N–H and O–H groups in total. The molecule has 0 unspecified atom stereocenters. The van der Waals surface area contributed by atoms with Gasteiger partial charge in [0.05, 0.1) is 18.7 Å². The highest BCUT2D eigenvalue weighted by Gasteiger charge is 2.35. The Balaban J connectivity index is 1.30. The van der Waals surface area contributed by atoms with E-state index in [1.165, 1.54) is 6.26 Å². The molecule has 2 aromatic carbocycles. The molecule has 4 rings (SSSR count). The zero-order valence-electron chi connectivity index (χ0n) is 15.7. The van der Waals surface area contributed by atoms with Crippen LogP contribution in [0.15, 0.2) is 65.3 Å². The number of benzene rings is 2. The molecule has 148 valence electrons. The van der Waals surface area contributed by atoms with Crippen molar-refractivity contribution in [2.24, 2.45) is 5.92 Å². The van der Waals surface area contributed by atoms with Crippen LogP contribution in [0.3, 0.4) is 0 Å². The van der Waals surface area contributed by atoms with Gasteiger partial charge in [-0.05, 0) is 23.6 Å². The maximum Gasteiger partial charge on any atom is 0.311 e. The number of likely N-dealkylation sites (tertiary alicyclic amines) is 1. The molecular formula is C22H20N2O5. The fourth-order valence-electron chi connectivity index (χ4n) is 3.45. The smallest absolute Gasteiger partial charge is 0.311 e. The third-order valence-corrected chi connectivity index (χ3v) is 4.88. The maximum absolute atomic E-state index is 12.3. The van der Waals surface area contributed by atoms with Crippen molar-refractivity contribution in [1.82, 2.24) is 4.90 Å². The molecule has 7 nitrogen and oxygen atoms in total. The van der Waals surface area contributed by atoms with Gasteiger partial charge in [0.1, 0.15) is 5.76 Å². The van der Waals surface area contributed by atoms with Crippen molar-refractivity contribution < 1.29 is 23.5 Å². The van der Waals surface area contributed by atoms with Gasteiger partial charge >= 0.3 is 5.97 Å². The Bertz CT molecular complexity index is 1040. The first kappa shape index (κ1) is 18.7. The van der Waals surface area contributed by atoms with Crippen molar-refractivity contribution in [1.29, 1.82) is 0 Å². The summed E-state index contributed by atoms with van der Waals surface area (Å²) in [6.45, 7) is 0.172. The Labute approximate surface area is 167 Å². The fraction of sp³-hybridized carbons (Fsp3) is 0.227. The lowest BCUT2D eigenvalue weighted by atomic mass is 10.1. The van der Waals surface area contributed by atoms with Gasteiger partial charge in [-0.3, -0.25) is 14.4 Å². The highest BCUT2D eigenvalue weighted by atomic mass is 16.5. The van der Waals surface area contributed by atoms with E-state index in [0.29, 0.717) is 18.0 Å². The Kier molecular flexibility index (Phi) is 5.29. The average molecular weight is 392 g/mol. The van der Waals surface area contributed by atoms with E-state index in [1.54, 1.807) is 23.1 Å². The van der Waals surface area contributed by atoms with E-state index in [2.05, 4.69) is 5.32 Å². The van der Waals surface area contributed by atoms with Crippen LogP contribution < -0.4 is 5.32 Å². The third kappa shape index (κ3) is 4.29. The van der Waals surface area contributed by atoms with Gasteiger partial charge in [-0.25, -0.2) is 0 Å². The van der Waals surface area contributed by atoms with E-state index < -0.39 is 24.4 Å². The molecule has 1 atom stereocenters.